The molecule has 1 unspecified atom stereocenters. The molecule has 0 aromatic carbocycles. The molecule has 2 aliphatic rings. The quantitative estimate of drug-likeness (QED) is 0.874. The van der Waals surface area contributed by atoms with Crippen molar-refractivity contribution in [1.82, 2.24) is 4.90 Å². The summed E-state index contributed by atoms with van der Waals surface area (Å²) in [7, 11) is 0. The van der Waals surface area contributed by atoms with Crippen molar-refractivity contribution in [2.75, 3.05) is 13.1 Å². The second kappa shape index (κ2) is 4.46. The maximum Gasteiger partial charge on any atom is 0.122 e. The van der Waals surface area contributed by atoms with Crippen LogP contribution in [0.4, 0.5) is 0 Å². The molecule has 3 heteroatoms. The third kappa shape index (κ3) is 1.81. The van der Waals surface area contributed by atoms with E-state index in [1.54, 1.807) is 6.26 Å². The highest BCUT2D eigenvalue weighted by atomic mass is 16.3. The third-order valence-electron chi connectivity index (χ3n) is 4.63. The van der Waals surface area contributed by atoms with Gasteiger partial charge >= 0.3 is 0 Å². The van der Waals surface area contributed by atoms with E-state index < -0.39 is 0 Å². The van der Waals surface area contributed by atoms with Gasteiger partial charge in [0, 0.05) is 5.54 Å². The van der Waals surface area contributed by atoms with Gasteiger partial charge in [0.1, 0.15) is 5.76 Å². The van der Waals surface area contributed by atoms with Gasteiger partial charge in [0.25, 0.3) is 0 Å². The molecule has 1 atom stereocenters. The van der Waals surface area contributed by atoms with E-state index in [0.717, 1.165) is 5.76 Å². The van der Waals surface area contributed by atoms with E-state index in [2.05, 4.69) is 4.90 Å². The number of hydrogen-bond donors (Lipinski definition) is 1. The van der Waals surface area contributed by atoms with Crippen LogP contribution in [0.2, 0.25) is 0 Å². The van der Waals surface area contributed by atoms with Crippen molar-refractivity contribution in [2.45, 2.75) is 50.1 Å². The number of likely N-dealkylation sites (tertiary alicyclic amines) is 1. The van der Waals surface area contributed by atoms with Crippen molar-refractivity contribution >= 4 is 0 Å². The maximum atomic E-state index is 6.52. The number of hydrogen-bond acceptors (Lipinski definition) is 3. The number of rotatable bonds is 3. The first-order valence-electron chi connectivity index (χ1n) is 6.87. The Kier molecular flexibility index (Phi) is 2.97. The lowest BCUT2D eigenvalue weighted by Gasteiger charge is -2.42. The van der Waals surface area contributed by atoms with Gasteiger partial charge < -0.3 is 10.2 Å². The first kappa shape index (κ1) is 11.3. The molecule has 2 N–H and O–H groups in total. The van der Waals surface area contributed by atoms with Crippen LogP contribution in [0, 0.1) is 0 Å². The Bertz CT molecular complexity index is 348. The summed E-state index contributed by atoms with van der Waals surface area (Å²) in [4.78, 5) is 2.63. The lowest BCUT2D eigenvalue weighted by atomic mass is 9.85. The molecule has 1 aliphatic heterocycles. The fourth-order valence-corrected chi connectivity index (χ4v) is 3.71. The van der Waals surface area contributed by atoms with Crippen molar-refractivity contribution in [3.05, 3.63) is 24.2 Å². The van der Waals surface area contributed by atoms with Crippen molar-refractivity contribution in [2.24, 2.45) is 5.73 Å². The van der Waals surface area contributed by atoms with E-state index in [1.165, 1.54) is 51.6 Å². The predicted octanol–water partition coefficient (Wildman–Crippen LogP) is 2.69. The highest BCUT2D eigenvalue weighted by molar-refractivity contribution is 5.14. The molecule has 1 aliphatic carbocycles. The highest BCUT2D eigenvalue weighted by Crippen LogP contribution is 2.44. The van der Waals surface area contributed by atoms with Gasteiger partial charge in [-0.25, -0.2) is 0 Å². The Morgan fingerprint density at radius 2 is 1.88 bits per heavy atom. The van der Waals surface area contributed by atoms with Crippen LogP contribution in [0.3, 0.4) is 0 Å². The summed E-state index contributed by atoms with van der Waals surface area (Å²) >= 11 is 0. The van der Waals surface area contributed by atoms with Crippen molar-refractivity contribution in [1.29, 1.82) is 0 Å². The molecule has 1 saturated heterocycles. The van der Waals surface area contributed by atoms with Crippen LogP contribution >= 0.6 is 0 Å². The lowest BCUT2D eigenvalue weighted by Crippen LogP contribution is -2.52. The second-order valence-electron chi connectivity index (χ2n) is 5.50. The van der Waals surface area contributed by atoms with E-state index in [4.69, 9.17) is 10.2 Å². The highest BCUT2D eigenvalue weighted by Gasteiger charge is 2.46. The predicted molar refractivity (Wildman–Crippen MR) is 67.6 cm³/mol. The van der Waals surface area contributed by atoms with Crippen molar-refractivity contribution in [3.63, 3.8) is 0 Å². The van der Waals surface area contributed by atoms with Crippen LogP contribution in [0.25, 0.3) is 0 Å². The van der Waals surface area contributed by atoms with Gasteiger partial charge in [0.15, 0.2) is 0 Å². The van der Waals surface area contributed by atoms with Crippen molar-refractivity contribution < 1.29 is 4.42 Å². The van der Waals surface area contributed by atoms with E-state index in [1.807, 2.05) is 12.1 Å². The smallest absolute Gasteiger partial charge is 0.122 e. The zero-order valence-electron chi connectivity index (χ0n) is 10.4. The van der Waals surface area contributed by atoms with Gasteiger partial charge in [-0.05, 0) is 50.9 Å². The molecule has 3 rings (SSSR count). The zero-order valence-corrected chi connectivity index (χ0v) is 10.4. The average Bonchev–Trinajstić information content (AvgIpc) is 3.10. The Hall–Kier alpha value is -0.800. The van der Waals surface area contributed by atoms with Crippen LogP contribution < -0.4 is 5.73 Å². The van der Waals surface area contributed by atoms with E-state index in [0.29, 0.717) is 0 Å². The summed E-state index contributed by atoms with van der Waals surface area (Å²) in [5, 5.41) is 0. The molecule has 17 heavy (non-hydrogen) atoms. The fourth-order valence-electron chi connectivity index (χ4n) is 3.71. The third-order valence-corrected chi connectivity index (χ3v) is 4.63. The monoisotopic (exact) mass is 234 g/mol. The van der Waals surface area contributed by atoms with Gasteiger partial charge in [0.2, 0.25) is 0 Å². The standard InChI is InChI=1S/C14H22N2O/c15-13(12-6-5-11-17-12)14(7-1-2-8-14)16-9-3-4-10-16/h5-6,11,13H,1-4,7-10,15H2. The molecule has 0 spiro atoms. The van der Waals surface area contributed by atoms with Crippen molar-refractivity contribution in [3.8, 4) is 0 Å². The topological polar surface area (TPSA) is 42.4 Å². The minimum absolute atomic E-state index is 0.0399. The molecular weight excluding hydrogens is 212 g/mol. The van der Waals surface area contributed by atoms with Gasteiger partial charge in [-0.3, -0.25) is 4.90 Å². The Morgan fingerprint density at radius 3 is 2.47 bits per heavy atom. The van der Waals surface area contributed by atoms with Crippen LogP contribution in [-0.4, -0.2) is 23.5 Å². The van der Waals surface area contributed by atoms with Gasteiger partial charge in [0.05, 0.1) is 12.3 Å². The van der Waals surface area contributed by atoms with E-state index in [-0.39, 0.29) is 11.6 Å². The number of nitrogens with zero attached hydrogens (tertiary/aromatic N) is 1. The van der Waals surface area contributed by atoms with Gasteiger partial charge in [-0.2, -0.15) is 0 Å². The minimum Gasteiger partial charge on any atom is -0.468 e. The van der Waals surface area contributed by atoms with Gasteiger partial charge in [-0.15, -0.1) is 0 Å². The fraction of sp³-hybridized carbons (Fsp3) is 0.714. The summed E-state index contributed by atoms with van der Waals surface area (Å²) < 4.78 is 5.54. The Labute approximate surface area is 103 Å². The normalized spacial score (nSPS) is 26.4. The summed E-state index contributed by atoms with van der Waals surface area (Å²) in [6.07, 6.45) is 9.47. The molecule has 3 nitrogen and oxygen atoms in total. The number of nitrogens with two attached hydrogens (primary N) is 1. The molecule has 1 aromatic rings. The zero-order chi connectivity index (χ0) is 11.7. The average molecular weight is 234 g/mol. The first-order valence-corrected chi connectivity index (χ1v) is 6.87. The molecule has 0 radical (unpaired) electrons. The van der Waals surface area contributed by atoms with Crippen LogP contribution in [0.15, 0.2) is 22.8 Å². The Balaban J connectivity index is 1.88. The lowest BCUT2D eigenvalue weighted by molar-refractivity contribution is 0.0837. The van der Waals surface area contributed by atoms with Crippen LogP contribution in [0.5, 0.6) is 0 Å². The summed E-state index contributed by atoms with van der Waals surface area (Å²) in [5.74, 6) is 0.957. The Morgan fingerprint density at radius 1 is 1.18 bits per heavy atom. The molecular formula is C14H22N2O. The molecule has 0 amide bonds. The van der Waals surface area contributed by atoms with Gasteiger partial charge in [-0.1, -0.05) is 12.8 Å². The largest absolute Gasteiger partial charge is 0.468 e. The molecule has 2 fully saturated rings. The van der Waals surface area contributed by atoms with Crippen LogP contribution in [0.1, 0.15) is 50.3 Å². The SMILES string of the molecule is NC(c1ccco1)C1(N2CCCC2)CCCC1. The molecule has 1 saturated carbocycles. The van der Waals surface area contributed by atoms with E-state index in [9.17, 15) is 0 Å². The molecule has 1 aromatic heterocycles. The summed E-state index contributed by atoms with van der Waals surface area (Å²) in [5.41, 5.74) is 6.70. The summed E-state index contributed by atoms with van der Waals surface area (Å²) in [6, 6.07) is 4.01. The summed E-state index contributed by atoms with van der Waals surface area (Å²) in [6.45, 7) is 2.43. The second-order valence-corrected chi connectivity index (χ2v) is 5.50. The first-order chi connectivity index (χ1) is 8.33. The van der Waals surface area contributed by atoms with E-state index >= 15 is 0 Å². The maximum absolute atomic E-state index is 6.52. The molecule has 2 heterocycles. The van der Waals surface area contributed by atoms with Crippen LogP contribution in [-0.2, 0) is 0 Å². The number of furan rings is 1. The molecule has 0 bridgehead atoms. The minimum atomic E-state index is 0.0399. The molecule has 94 valence electrons.